The molecule has 4 nitrogen and oxygen atoms in total. The molecule has 0 aliphatic heterocycles. The highest BCUT2D eigenvalue weighted by Crippen LogP contribution is 2.56. The Labute approximate surface area is 231 Å². The number of halogens is 6. The second-order valence-electron chi connectivity index (χ2n) is 9.12. The summed E-state index contributed by atoms with van der Waals surface area (Å²) < 4.78 is 98.6. The van der Waals surface area contributed by atoms with Gasteiger partial charge in [-0.2, -0.15) is 36.9 Å². The van der Waals surface area contributed by atoms with E-state index in [1.54, 1.807) is 38.1 Å². The monoisotopic (exact) mass is 566 g/mol. The molecule has 0 saturated carbocycles. The van der Waals surface area contributed by atoms with E-state index < -0.39 is 28.9 Å². The Morgan fingerprint density at radius 3 is 1.17 bits per heavy atom. The first-order valence-electron chi connectivity index (χ1n) is 12.0. The van der Waals surface area contributed by atoms with E-state index in [1.807, 2.05) is 12.1 Å². The highest BCUT2D eigenvalue weighted by Gasteiger charge is 2.72. The summed E-state index contributed by atoms with van der Waals surface area (Å²) in [7, 11) is 0. The number of rotatable bonds is 6. The predicted octanol–water partition coefficient (Wildman–Crippen LogP) is 9.04. The fourth-order valence-corrected chi connectivity index (χ4v) is 4.52. The van der Waals surface area contributed by atoms with Crippen LogP contribution in [0.5, 0.6) is 23.0 Å². The third-order valence-electron chi connectivity index (χ3n) is 6.57. The van der Waals surface area contributed by atoms with E-state index in [9.17, 15) is 36.9 Å². The summed E-state index contributed by atoms with van der Waals surface area (Å²) in [5, 5.41) is 18.7. The van der Waals surface area contributed by atoms with Gasteiger partial charge in [-0.05, 0) is 72.5 Å². The highest BCUT2D eigenvalue weighted by atomic mass is 19.4. The van der Waals surface area contributed by atoms with Gasteiger partial charge in [-0.15, -0.1) is 0 Å². The summed E-state index contributed by atoms with van der Waals surface area (Å²) in [5.41, 5.74) is -4.97. The van der Waals surface area contributed by atoms with Crippen molar-refractivity contribution in [2.75, 3.05) is 0 Å². The average Bonchev–Trinajstić information content (AvgIpc) is 2.90. The molecule has 0 saturated heterocycles. The molecule has 0 bridgehead atoms. The molecule has 0 unspecified atom stereocenters. The van der Waals surface area contributed by atoms with Crippen LogP contribution in [0.25, 0.3) is 0 Å². The smallest absolute Gasteiger partial charge is 0.411 e. The minimum atomic E-state index is -5.79. The molecule has 0 radical (unpaired) electrons. The molecular formula is C31H20F6N2O2. The Hall–Kier alpha value is -4.96. The van der Waals surface area contributed by atoms with Crippen LogP contribution in [0.15, 0.2) is 84.9 Å². The molecule has 0 atom stereocenters. The number of benzene rings is 4. The van der Waals surface area contributed by atoms with Crippen molar-refractivity contribution in [2.24, 2.45) is 0 Å². The van der Waals surface area contributed by atoms with Crippen molar-refractivity contribution in [1.29, 1.82) is 10.5 Å². The first kappa shape index (κ1) is 29.0. The van der Waals surface area contributed by atoms with Crippen molar-refractivity contribution in [2.45, 2.75) is 31.6 Å². The van der Waals surface area contributed by atoms with Crippen molar-refractivity contribution in [3.05, 3.63) is 118 Å². The quantitative estimate of drug-likeness (QED) is 0.219. The molecule has 0 fully saturated rings. The number of nitrogens with zero attached hydrogens (tertiary/aromatic N) is 2. The first-order chi connectivity index (χ1) is 19.3. The molecule has 0 N–H and O–H groups in total. The molecular weight excluding hydrogens is 546 g/mol. The summed E-state index contributed by atoms with van der Waals surface area (Å²) in [4.78, 5) is 0. The van der Waals surface area contributed by atoms with Crippen molar-refractivity contribution in [3.63, 3.8) is 0 Å². The normalized spacial score (nSPS) is 11.9. The summed E-state index contributed by atoms with van der Waals surface area (Å²) in [6, 6.07) is 20.2. The Morgan fingerprint density at radius 2 is 0.878 bits per heavy atom. The summed E-state index contributed by atoms with van der Waals surface area (Å²) >= 11 is 0. The minimum Gasteiger partial charge on any atom is -0.456 e. The van der Waals surface area contributed by atoms with Gasteiger partial charge in [-0.3, -0.25) is 0 Å². The summed E-state index contributed by atoms with van der Waals surface area (Å²) in [6.07, 6.45) is -11.6. The molecule has 4 aromatic rings. The lowest BCUT2D eigenvalue weighted by Gasteiger charge is -2.38. The molecule has 4 rings (SSSR count). The van der Waals surface area contributed by atoms with Gasteiger partial charge in [0.05, 0.1) is 11.1 Å². The van der Waals surface area contributed by atoms with Gasteiger partial charge in [0.15, 0.2) is 0 Å². The van der Waals surface area contributed by atoms with Crippen molar-refractivity contribution >= 4 is 0 Å². The maximum absolute atomic E-state index is 14.6. The predicted molar refractivity (Wildman–Crippen MR) is 138 cm³/mol. The Kier molecular flexibility index (Phi) is 7.72. The molecule has 4 aromatic carbocycles. The third kappa shape index (κ3) is 5.29. The van der Waals surface area contributed by atoms with Crippen LogP contribution >= 0.6 is 0 Å². The zero-order valence-electron chi connectivity index (χ0n) is 21.6. The zero-order chi connectivity index (χ0) is 30.0. The molecule has 0 aromatic heterocycles. The van der Waals surface area contributed by atoms with Crippen LogP contribution in [0.3, 0.4) is 0 Å². The van der Waals surface area contributed by atoms with Crippen LogP contribution in [0, 0.1) is 36.5 Å². The lowest BCUT2D eigenvalue weighted by molar-refractivity contribution is -0.288. The van der Waals surface area contributed by atoms with E-state index in [2.05, 4.69) is 0 Å². The molecule has 208 valence electrons. The second-order valence-corrected chi connectivity index (χ2v) is 9.12. The van der Waals surface area contributed by atoms with Gasteiger partial charge in [0, 0.05) is 0 Å². The van der Waals surface area contributed by atoms with E-state index in [-0.39, 0.29) is 34.1 Å². The third-order valence-corrected chi connectivity index (χ3v) is 6.57. The number of nitriles is 2. The molecule has 10 heteroatoms. The van der Waals surface area contributed by atoms with E-state index in [4.69, 9.17) is 9.47 Å². The first-order valence-corrected chi connectivity index (χ1v) is 12.0. The van der Waals surface area contributed by atoms with E-state index in [0.717, 1.165) is 24.3 Å². The minimum absolute atomic E-state index is 0.0516. The molecule has 0 amide bonds. The van der Waals surface area contributed by atoms with Gasteiger partial charge in [0.25, 0.3) is 0 Å². The maximum Gasteiger partial charge on any atom is 0.411 e. The van der Waals surface area contributed by atoms with Crippen molar-refractivity contribution in [1.82, 2.24) is 0 Å². The van der Waals surface area contributed by atoms with Gasteiger partial charge >= 0.3 is 12.4 Å². The average molecular weight is 567 g/mol. The fraction of sp³-hybridized carbons (Fsp3) is 0.161. The summed E-state index contributed by atoms with van der Waals surface area (Å²) in [5.74, 6) is 0.123. The van der Waals surface area contributed by atoms with Crippen LogP contribution in [0.2, 0.25) is 0 Å². The van der Waals surface area contributed by atoms with Gasteiger partial charge in [0.1, 0.15) is 35.1 Å². The van der Waals surface area contributed by atoms with Crippen LogP contribution in [-0.4, -0.2) is 12.4 Å². The number of hydrogen-bond donors (Lipinski definition) is 0. The standard InChI is InChI=1S/C31H20F6N2O2/c1-19-5-3-7-27(25(19)17-38)40-23-13-9-21(10-14-23)29(30(32,33)34,31(35,36)37)22-11-15-24(16-12-22)41-28-8-4-6-20(2)26(28)18-39/h3-16H,1-2H3. The largest absolute Gasteiger partial charge is 0.456 e. The van der Waals surface area contributed by atoms with Gasteiger partial charge in [-0.1, -0.05) is 48.5 Å². The number of ether oxygens (including phenoxy) is 2. The van der Waals surface area contributed by atoms with E-state index in [0.29, 0.717) is 35.4 Å². The Balaban J connectivity index is 1.76. The molecule has 41 heavy (non-hydrogen) atoms. The van der Waals surface area contributed by atoms with Crippen LogP contribution in [0.4, 0.5) is 26.3 Å². The molecule has 0 aliphatic carbocycles. The lowest BCUT2D eigenvalue weighted by Crippen LogP contribution is -2.54. The van der Waals surface area contributed by atoms with Gasteiger partial charge in [0.2, 0.25) is 5.41 Å². The maximum atomic E-state index is 14.6. The van der Waals surface area contributed by atoms with E-state index >= 15 is 0 Å². The number of alkyl halides is 6. The topological polar surface area (TPSA) is 66.0 Å². The number of aryl methyl sites for hydroxylation is 2. The second kappa shape index (κ2) is 10.9. The van der Waals surface area contributed by atoms with Crippen molar-refractivity contribution < 1.29 is 35.8 Å². The van der Waals surface area contributed by atoms with E-state index in [1.165, 1.54) is 12.1 Å². The molecule has 0 aliphatic rings. The van der Waals surface area contributed by atoms with Crippen molar-refractivity contribution in [3.8, 4) is 35.1 Å². The van der Waals surface area contributed by atoms with Gasteiger partial charge < -0.3 is 9.47 Å². The Morgan fingerprint density at radius 1 is 0.537 bits per heavy atom. The highest BCUT2D eigenvalue weighted by molar-refractivity contribution is 5.53. The van der Waals surface area contributed by atoms with Gasteiger partial charge in [-0.25, -0.2) is 0 Å². The SMILES string of the molecule is Cc1cccc(Oc2ccc(C(c3ccc(Oc4cccc(C)c4C#N)cc3)(C(F)(F)F)C(F)(F)F)cc2)c1C#N. The van der Waals surface area contributed by atoms with Crippen LogP contribution in [-0.2, 0) is 5.41 Å². The molecule has 0 spiro atoms. The molecule has 0 heterocycles. The lowest BCUT2D eigenvalue weighted by atomic mass is 9.73. The Bertz CT molecular complexity index is 1520. The van der Waals surface area contributed by atoms with Crippen LogP contribution in [0.1, 0.15) is 33.4 Å². The fourth-order valence-electron chi connectivity index (χ4n) is 4.52. The zero-order valence-corrected chi connectivity index (χ0v) is 21.6. The number of hydrogen-bond acceptors (Lipinski definition) is 4. The van der Waals surface area contributed by atoms with Crippen LogP contribution < -0.4 is 9.47 Å². The summed E-state index contributed by atoms with van der Waals surface area (Å²) in [6.45, 7) is 3.32.